The second-order valence-electron chi connectivity index (χ2n) is 5.52. The molecule has 2 atom stereocenters. The van der Waals surface area contributed by atoms with Gasteiger partial charge in [-0.05, 0) is 25.7 Å². The summed E-state index contributed by atoms with van der Waals surface area (Å²) in [5.74, 6) is 0. The third-order valence-corrected chi connectivity index (χ3v) is 3.88. The molecule has 1 heterocycles. The number of likely N-dealkylation sites (tertiary alicyclic amines) is 1. The van der Waals surface area contributed by atoms with Gasteiger partial charge in [0.2, 0.25) is 0 Å². The van der Waals surface area contributed by atoms with E-state index in [0.717, 1.165) is 12.6 Å². The van der Waals surface area contributed by atoms with Crippen molar-refractivity contribution < 1.29 is 0 Å². The lowest BCUT2D eigenvalue weighted by atomic mass is 10.1. The molecule has 2 aliphatic rings. The van der Waals surface area contributed by atoms with Gasteiger partial charge in [-0.1, -0.05) is 19.8 Å². The summed E-state index contributed by atoms with van der Waals surface area (Å²) in [5, 5.41) is 3.64. The summed E-state index contributed by atoms with van der Waals surface area (Å²) in [7, 11) is 0. The lowest BCUT2D eigenvalue weighted by Crippen LogP contribution is -2.41. The molecule has 2 unspecified atom stereocenters. The van der Waals surface area contributed by atoms with Crippen LogP contribution in [0.2, 0.25) is 0 Å². The number of nitrogens with zero attached hydrogens (tertiary/aromatic N) is 1. The van der Waals surface area contributed by atoms with E-state index in [1.807, 2.05) is 0 Å². The van der Waals surface area contributed by atoms with Gasteiger partial charge >= 0.3 is 0 Å². The molecule has 3 N–H and O–H groups in total. The summed E-state index contributed by atoms with van der Waals surface area (Å²) >= 11 is 0. The van der Waals surface area contributed by atoms with Crippen molar-refractivity contribution >= 4 is 0 Å². The predicted octanol–water partition coefficient (Wildman–Crippen LogP) is 1.33. The van der Waals surface area contributed by atoms with Gasteiger partial charge < -0.3 is 11.1 Å². The van der Waals surface area contributed by atoms with Gasteiger partial charge in [0, 0.05) is 37.8 Å². The fraction of sp³-hybridized carbons (Fsp3) is 1.00. The molecule has 0 bridgehead atoms. The van der Waals surface area contributed by atoms with Gasteiger partial charge in [-0.3, -0.25) is 4.90 Å². The minimum Gasteiger partial charge on any atom is -0.327 e. The zero-order valence-electron chi connectivity index (χ0n) is 10.6. The summed E-state index contributed by atoms with van der Waals surface area (Å²) in [6.45, 7) is 5.78. The summed E-state index contributed by atoms with van der Waals surface area (Å²) < 4.78 is 0. The van der Waals surface area contributed by atoms with E-state index in [1.165, 1.54) is 51.6 Å². The van der Waals surface area contributed by atoms with Crippen molar-refractivity contribution in [2.75, 3.05) is 19.6 Å². The Labute approximate surface area is 99.8 Å². The second kappa shape index (κ2) is 5.99. The molecule has 0 spiro atoms. The highest BCUT2D eigenvalue weighted by molar-refractivity contribution is 4.92. The van der Waals surface area contributed by atoms with Crippen molar-refractivity contribution in [2.45, 2.75) is 63.6 Å². The Morgan fingerprint density at radius 2 is 2.19 bits per heavy atom. The SMILES string of the molecule is CCCCC(N)CNC1CCN(C2CC2)C1. The molecule has 0 radical (unpaired) electrons. The Morgan fingerprint density at radius 1 is 1.38 bits per heavy atom. The van der Waals surface area contributed by atoms with Gasteiger partial charge in [-0.25, -0.2) is 0 Å². The Morgan fingerprint density at radius 3 is 2.88 bits per heavy atom. The van der Waals surface area contributed by atoms with E-state index in [2.05, 4.69) is 17.1 Å². The minimum atomic E-state index is 0.356. The summed E-state index contributed by atoms with van der Waals surface area (Å²) in [6, 6.07) is 1.99. The molecule has 3 nitrogen and oxygen atoms in total. The molecular formula is C13H27N3. The van der Waals surface area contributed by atoms with E-state index >= 15 is 0 Å². The highest BCUT2D eigenvalue weighted by Crippen LogP contribution is 2.29. The van der Waals surface area contributed by atoms with Gasteiger partial charge in [-0.2, -0.15) is 0 Å². The molecule has 1 saturated carbocycles. The lowest BCUT2D eigenvalue weighted by molar-refractivity contribution is 0.316. The average Bonchev–Trinajstić information content (AvgIpc) is 3.03. The van der Waals surface area contributed by atoms with Crippen LogP contribution in [0.3, 0.4) is 0 Å². The predicted molar refractivity (Wildman–Crippen MR) is 68.5 cm³/mol. The molecule has 2 rings (SSSR count). The third kappa shape index (κ3) is 3.72. The van der Waals surface area contributed by atoms with Crippen molar-refractivity contribution in [3.8, 4) is 0 Å². The van der Waals surface area contributed by atoms with Crippen LogP contribution < -0.4 is 11.1 Å². The molecule has 2 fully saturated rings. The molecule has 0 amide bonds. The zero-order chi connectivity index (χ0) is 11.4. The molecule has 0 aromatic carbocycles. The normalized spacial score (nSPS) is 28.5. The maximum Gasteiger partial charge on any atom is 0.0207 e. The first-order valence-corrected chi connectivity index (χ1v) is 7.02. The minimum absolute atomic E-state index is 0.356. The zero-order valence-corrected chi connectivity index (χ0v) is 10.6. The molecule has 0 aromatic rings. The Hall–Kier alpha value is -0.120. The average molecular weight is 225 g/mol. The third-order valence-electron chi connectivity index (χ3n) is 3.88. The van der Waals surface area contributed by atoms with Gasteiger partial charge in [0.05, 0.1) is 0 Å². The smallest absolute Gasteiger partial charge is 0.0207 e. The van der Waals surface area contributed by atoms with Crippen LogP contribution in [0.15, 0.2) is 0 Å². The molecule has 1 aliphatic heterocycles. The summed E-state index contributed by atoms with van der Waals surface area (Å²) in [6.07, 6.45) is 7.87. The molecule has 94 valence electrons. The standard InChI is InChI=1S/C13H27N3/c1-2-3-4-11(14)9-15-12-7-8-16(10-12)13-5-6-13/h11-13,15H,2-10,14H2,1H3. The fourth-order valence-electron chi connectivity index (χ4n) is 2.61. The first-order chi connectivity index (χ1) is 7.79. The fourth-order valence-corrected chi connectivity index (χ4v) is 2.61. The van der Waals surface area contributed by atoms with Gasteiger partial charge in [0.1, 0.15) is 0 Å². The van der Waals surface area contributed by atoms with Crippen LogP contribution in [-0.4, -0.2) is 42.7 Å². The number of nitrogens with one attached hydrogen (secondary N) is 1. The quantitative estimate of drug-likeness (QED) is 0.687. The van der Waals surface area contributed by atoms with Crippen LogP contribution in [-0.2, 0) is 0 Å². The molecule has 1 aliphatic carbocycles. The van der Waals surface area contributed by atoms with Gasteiger partial charge in [0.25, 0.3) is 0 Å². The molecule has 1 saturated heterocycles. The van der Waals surface area contributed by atoms with Crippen molar-refractivity contribution in [2.24, 2.45) is 5.73 Å². The van der Waals surface area contributed by atoms with Gasteiger partial charge in [0.15, 0.2) is 0 Å². The number of unbranched alkanes of at least 4 members (excludes halogenated alkanes) is 1. The maximum atomic E-state index is 6.07. The van der Waals surface area contributed by atoms with E-state index in [9.17, 15) is 0 Å². The number of hydrogen-bond acceptors (Lipinski definition) is 3. The van der Waals surface area contributed by atoms with E-state index in [4.69, 9.17) is 5.73 Å². The number of nitrogens with two attached hydrogens (primary N) is 1. The largest absolute Gasteiger partial charge is 0.327 e. The van der Waals surface area contributed by atoms with Crippen LogP contribution in [0.1, 0.15) is 45.4 Å². The Kier molecular flexibility index (Phi) is 4.62. The maximum absolute atomic E-state index is 6.07. The topological polar surface area (TPSA) is 41.3 Å². The monoisotopic (exact) mass is 225 g/mol. The lowest BCUT2D eigenvalue weighted by Gasteiger charge is -2.18. The van der Waals surface area contributed by atoms with Crippen molar-refractivity contribution in [1.29, 1.82) is 0 Å². The van der Waals surface area contributed by atoms with Gasteiger partial charge in [-0.15, -0.1) is 0 Å². The first-order valence-electron chi connectivity index (χ1n) is 7.02. The highest BCUT2D eigenvalue weighted by atomic mass is 15.2. The van der Waals surface area contributed by atoms with E-state index in [0.29, 0.717) is 12.1 Å². The van der Waals surface area contributed by atoms with Crippen LogP contribution >= 0.6 is 0 Å². The van der Waals surface area contributed by atoms with Crippen LogP contribution in [0.5, 0.6) is 0 Å². The molecule has 16 heavy (non-hydrogen) atoms. The van der Waals surface area contributed by atoms with E-state index in [-0.39, 0.29) is 0 Å². The molecule has 0 aromatic heterocycles. The Balaban J connectivity index is 1.56. The first kappa shape index (κ1) is 12.3. The van der Waals surface area contributed by atoms with E-state index in [1.54, 1.807) is 0 Å². The van der Waals surface area contributed by atoms with Crippen molar-refractivity contribution in [3.63, 3.8) is 0 Å². The summed E-state index contributed by atoms with van der Waals surface area (Å²) in [5.41, 5.74) is 6.07. The molecular weight excluding hydrogens is 198 g/mol. The summed E-state index contributed by atoms with van der Waals surface area (Å²) in [4.78, 5) is 2.65. The van der Waals surface area contributed by atoms with Crippen molar-refractivity contribution in [3.05, 3.63) is 0 Å². The van der Waals surface area contributed by atoms with Crippen LogP contribution in [0, 0.1) is 0 Å². The Bertz CT molecular complexity index is 203. The van der Waals surface area contributed by atoms with Crippen LogP contribution in [0.25, 0.3) is 0 Å². The van der Waals surface area contributed by atoms with Crippen LogP contribution in [0.4, 0.5) is 0 Å². The highest BCUT2D eigenvalue weighted by Gasteiger charge is 2.34. The number of hydrogen-bond donors (Lipinski definition) is 2. The van der Waals surface area contributed by atoms with Crippen molar-refractivity contribution in [1.82, 2.24) is 10.2 Å². The second-order valence-corrected chi connectivity index (χ2v) is 5.52. The molecule has 3 heteroatoms. The van der Waals surface area contributed by atoms with E-state index < -0.39 is 0 Å². The number of rotatable bonds is 7.